The Morgan fingerprint density at radius 3 is 2.42 bits per heavy atom. The van der Waals surface area contributed by atoms with E-state index < -0.39 is 11.4 Å². The van der Waals surface area contributed by atoms with Gasteiger partial charge in [-0.25, -0.2) is 4.39 Å². The highest BCUT2D eigenvalue weighted by molar-refractivity contribution is 5.33. The minimum absolute atomic E-state index is 0.234. The smallest absolute Gasteiger partial charge is 0.129 e. The lowest BCUT2D eigenvalue weighted by Crippen LogP contribution is -2.17. The third-order valence-electron chi connectivity index (χ3n) is 2.85. The minimum Gasteiger partial charge on any atom is -0.489 e. The van der Waals surface area contributed by atoms with Gasteiger partial charge >= 0.3 is 0 Å². The van der Waals surface area contributed by atoms with Crippen LogP contribution in [-0.4, -0.2) is 5.11 Å². The molecular formula is C16H17FO2. The van der Waals surface area contributed by atoms with Gasteiger partial charge in [0.1, 0.15) is 18.2 Å². The maximum atomic E-state index is 13.6. The Morgan fingerprint density at radius 2 is 1.79 bits per heavy atom. The van der Waals surface area contributed by atoms with Crippen molar-refractivity contribution in [3.63, 3.8) is 0 Å². The Bertz CT molecular complexity index is 544. The molecule has 0 fully saturated rings. The van der Waals surface area contributed by atoms with E-state index in [1.54, 1.807) is 19.9 Å². The molecule has 1 N–H and O–H groups in total. The third kappa shape index (κ3) is 3.55. The second-order valence-corrected chi connectivity index (χ2v) is 4.97. The minimum atomic E-state index is -1.23. The van der Waals surface area contributed by atoms with E-state index in [9.17, 15) is 9.50 Å². The van der Waals surface area contributed by atoms with Gasteiger partial charge in [0, 0.05) is 5.56 Å². The highest BCUT2D eigenvalue weighted by Gasteiger charge is 2.21. The molecule has 0 heterocycles. The van der Waals surface area contributed by atoms with E-state index in [0.717, 1.165) is 5.56 Å². The van der Waals surface area contributed by atoms with Gasteiger partial charge in [-0.3, -0.25) is 0 Å². The molecule has 0 spiro atoms. The van der Waals surface area contributed by atoms with Crippen molar-refractivity contribution in [2.45, 2.75) is 26.1 Å². The quantitative estimate of drug-likeness (QED) is 0.909. The summed E-state index contributed by atoms with van der Waals surface area (Å²) < 4.78 is 19.2. The Labute approximate surface area is 112 Å². The summed E-state index contributed by atoms with van der Waals surface area (Å²) in [6, 6.07) is 14.1. The van der Waals surface area contributed by atoms with E-state index in [-0.39, 0.29) is 5.56 Å². The molecular weight excluding hydrogens is 243 g/mol. The van der Waals surface area contributed by atoms with Crippen molar-refractivity contribution < 1.29 is 14.2 Å². The number of aliphatic hydroxyl groups is 1. The van der Waals surface area contributed by atoms with Crippen molar-refractivity contribution in [3.8, 4) is 5.75 Å². The molecule has 0 saturated carbocycles. The maximum absolute atomic E-state index is 13.6. The van der Waals surface area contributed by atoms with Gasteiger partial charge in [-0.15, -0.1) is 0 Å². The van der Waals surface area contributed by atoms with E-state index >= 15 is 0 Å². The van der Waals surface area contributed by atoms with Gasteiger partial charge in [0.25, 0.3) is 0 Å². The first-order chi connectivity index (χ1) is 8.97. The normalized spacial score (nSPS) is 11.4. The predicted molar refractivity (Wildman–Crippen MR) is 72.4 cm³/mol. The highest BCUT2D eigenvalue weighted by Crippen LogP contribution is 2.27. The standard InChI is InChI=1S/C16H17FO2/c1-16(2,18)14-10-13(8-9-15(14)17)19-11-12-6-4-3-5-7-12/h3-10,18H,11H2,1-2H3. The fourth-order valence-electron chi connectivity index (χ4n) is 1.80. The van der Waals surface area contributed by atoms with Crippen LogP contribution in [-0.2, 0) is 12.2 Å². The van der Waals surface area contributed by atoms with E-state index in [1.807, 2.05) is 30.3 Å². The van der Waals surface area contributed by atoms with Crippen molar-refractivity contribution in [2.75, 3.05) is 0 Å². The topological polar surface area (TPSA) is 29.5 Å². The number of halogens is 1. The summed E-state index contributed by atoms with van der Waals surface area (Å²) in [5.74, 6) is 0.113. The number of hydrogen-bond donors (Lipinski definition) is 1. The molecule has 19 heavy (non-hydrogen) atoms. The molecule has 3 heteroatoms. The highest BCUT2D eigenvalue weighted by atomic mass is 19.1. The molecule has 0 aliphatic heterocycles. The molecule has 0 aliphatic rings. The molecule has 2 aromatic carbocycles. The van der Waals surface area contributed by atoms with Crippen LogP contribution in [0.25, 0.3) is 0 Å². The molecule has 0 saturated heterocycles. The molecule has 0 bridgehead atoms. The van der Waals surface area contributed by atoms with Gasteiger partial charge in [-0.1, -0.05) is 30.3 Å². The molecule has 2 aromatic rings. The van der Waals surface area contributed by atoms with Crippen LogP contribution in [0.4, 0.5) is 4.39 Å². The van der Waals surface area contributed by atoms with E-state index in [2.05, 4.69) is 0 Å². The average Bonchev–Trinajstić information content (AvgIpc) is 2.37. The summed E-state index contributed by atoms with van der Waals surface area (Å²) in [6.45, 7) is 3.51. The lowest BCUT2D eigenvalue weighted by molar-refractivity contribution is 0.0741. The third-order valence-corrected chi connectivity index (χ3v) is 2.85. The molecule has 0 atom stereocenters. The fourth-order valence-corrected chi connectivity index (χ4v) is 1.80. The molecule has 0 unspecified atom stereocenters. The van der Waals surface area contributed by atoms with Crippen molar-refractivity contribution in [1.82, 2.24) is 0 Å². The molecule has 100 valence electrons. The Balaban J connectivity index is 2.14. The van der Waals surface area contributed by atoms with Crippen LogP contribution in [0.1, 0.15) is 25.0 Å². The lowest BCUT2D eigenvalue weighted by atomic mass is 9.98. The monoisotopic (exact) mass is 260 g/mol. The van der Waals surface area contributed by atoms with Crippen LogP contribution in [0.2, 0.25) is 0 Å². The fraction of sp³-hybridized carbons (Fsp3) is 0.250. The summed E-state index contributed by atoms with van der Waals surface area (Å²) in [4.78, 5) is 0. The lowest BCUT2D eigenvalue weighted by Gasteiger charge is -2.19. The average molecular weight is 260 g/mol. The first kappa shape index (κ1) is 13.6. The molecule has 2 nitrogen and oxygen atoms in total. The Hall–Kier alpha value is -1.87. The Kier molecular flexibility index (Phi) is 3.86. The summed E-state index contributed by atoms with van der Waals surface area (Å²) in [7, 11) is 0. The molecule has 0 aliphatic carbocycles. The van der Waals surface area contributed by atoms with Crippen LogP contribution >= 0.6 is 0 Å². The van der Waals surface area contributed by atoms with Crippen LogP contribution < -0.4 is 4.74 Å². The maximum Gasteiger partial charge on any atom is 0.129 e. The van der Waals surface area contributed by atoms with Gasteiger partial charge in [-0.05, 0) is 37.6 Å². The summed E-state index contributed by atoms with van der Waals surface area (Å²) in [5, 5.41) is 9.88. The zero-order valence-corrected chi connectivity index (χ0v) is 11.1. The van der Waals surface area contributed by atoms with Gasteiger partial charge < -0.3 is 9.84 Å². The van der Waals surface area contributed by atoms with Crippen LogP contribution in [0.3, 0.4) is 0 Å². The molecule has 0 aromatic heterocycles. The predicted octanol–water partition coefficient (Wildman–Crippen LogP) is 3.63. The van der Waals surface area contributed by atoms with Crippen LogP contribution in [0, 0.1) is 5.82 Å². The number of hydrogen-bond acceptors (Lipinski definition) is 2. The second kappa shape index (κ2) is 5.41. The van der Waals surface area contributed by atoms with E-state index in [0.29, 0.717) is 12.4 Å². The summed E-state index contributed by atoms with van der Waals surface area (Å²) in [6.07, 6.45) is 0. The van der Waals surface area contributed by atoms with Crippen molar-refractivity contribution in [2.24, 2.45) is 0 Å². The van der Waals surface area contributed by atoms with Crippen molar-refractivity contribution >= 4 is 0 Å². The van der Waals surface area contributed by atoms with Gasteiger partial charge in [0.2, 0.25) is 0 Å². The second-order valence-electron chi connectivity index (χ2n) is 4.97. The number of rotatable bonds is 4. The zero-order valence-electron chi connectivity index (χ0n) is 11.1. The number of ether oxygens (including phenoxy) is 1. The first-order valence-corrected chi connectivity index (χ1v) is 6.16. The van der Waals surface area contributed by atoms with Gasteiger partial charge in [-0.2, -0.15) is 0 Å². The Morgan fingerprint density at radius 1 is 1.11 bits per heavy atom. The van der Waals surface area contributed by atoms with E-state index in [4.69, 9.17) is 4.74 Å². The number of benzene rings is 2. The van der Waals surface area contributed by atoms with Crippen molar-refractivity contribution in [3.05, 3.63) is 65.5 Å². The van der Waals surface area contributed by atoms with Crippen LogP contribution in [0.5, 0.6) is 5.75 Å². The molecule has 0 radical (unpaired) electrons. The summed E-state index contributed by atoms with van der Waals surface area (Å²) >= 11 is 0. The largest absolute Gasteiger partial charge is 0.489 e. The van der Waals surface area contributed by atoms with Crippen molar-refractivity contribution in [1.29, 1.82) is 0 Å². The molecule has 0 amide bonds. The SMILES string of the molecule is CC(C)(O)c1cc(OCc2ccccc2)ccc1F. The molecule has 2 rings (SSSR count). The van der Waals surface area contributed by atoms with Crippen LogP contribution in [0.15, 0.2) is 48.5 Å². The van der Waals surface area contributed by atoms with Gasteiger partial charge in [0.05, 0.1) is 5.60 Å². The van der Waals surface area contributed by atoms with E-state index in [1.165, 1.54) is 12.1 Å². The zero-order chi connectivity index (χ0) is 13.9. The van der Waals surface area contributed by atoms with Gasteiger partial charge in [0.15, 0.2) is 0 Å². The first-order valence-electron chi connectivity index (χ1n) is 6.16. The summed E-state index contributed by atoms with van der Waals surface area (Å²) in [5.41, 5.74) is 0.0469.